The molecule has 0 aromatic heterocycles. The molecule has 0 amide bonds. The number of unbranched alkanes of at least 4 members (excludes halogenated alkanes) is 2. The summed E-state index contributed by atoms with van der Waals surface area (Å²) in [5.74, 6) is 0. The van der Waals surface area contributed by atoms with Gasteiger partial charge in [0, 0.05) is 12.2 Å². The Morgan fingerprint density at radius 3 is 2.81 bits per heavy atom. The lowest BCUT2D eigenvalue weighted by atomic mass is 10.2. The quantitative estimate of drug-likeness (QED) is 0.357. The second kappa shape index (κ2) is 10.2. The Hall–Kier alpha value is -1.35. The molecule has 0 spiro atoms. The maximum atomic E-state index is 8.61. The van der Waals surface area contributed by atoms with Crippen molar-refractivity contribution in [3.05, 3.63) is 36.7 Å². The summed E-state index contributed by atoms with van der Waals surface area (Å²) in [6.45, 7) is 10.2. The van der Waals surface area contributed by atoms with Crippen LogP contribution in [0, 0.1) is 0 Å². The van der Waals surface area contributed by atoms with Gasteiger partial charge in [0.05, 0.1) is 18.5 Å². The van der Waals surface area contributed by atoms with Crippen molar-refractivity contribution in [3.8, 4) is 0 Å². The van der Waals surface area contributed by atoms with Gasteiger partial charge in [0.25, 0.3) is 0 Å². The molecule has 0 heterocycles. The van der Waals surface area contributed by atoms with Crippen molar-refractivity contribution in [2.75, 3.05) is 13.2 Å². The Balaban J connectivity index is 4.09. The van der Waals surface area contributed by atoms with Crippen LogP contribution in [0.2, 0.25) is 0 Å². The summed E-state index contributed by atoms with van der Waals surface area (Å²) < 4.78 is 0. The largest absolute Gasteiger partial charge is 0.395 e. The number of hydrogen-bond donors (Lipinski definition) is 2. The molecular weight excluding hydrogens is 200 g/mol. The van der Waals surface area contributed by atoms with Crippen LogP contribution >= 0.6 is 0 Å². The van der Waals surface area contributed by atoms with Crippen molar-refractivity contribution in [1.82, 2.24) is 5.32 Å². The van der Waals surface area contributed by atoms with Gasteiger partial charge in [0.15, 0.2) is 0 Å². The zero-order chi connectivity index (χ0) is 12.2. The minimum absolute atomic E-state index is 0.0908. The van der Waals surface area contributed by atoms with Gasteiger partial charge in [-0.25, -0.2) is 0 Å². The fraction of sp³-hybridized carbons (Fsp3) is 0.462. The van der Waals surface area contributed by atoms with Gasteiger partial charge in [-0.1, -0.05) is 32.6 Å². The summed E-state index contributed by atoms with van der Waals surface area (Å²) in [7, 11) is 0. The van der Waals surface area contributed by atoms with Gasteiger partial charge in [0.1, 0.15) is 0 Å². The summed E-state index contributed by atoms with van der Waals surface area (Å²) in [5, 5.41) is 11.5. The van der Waals surface area contributed by atoms with Crippen LogP contribution < -0.4 is 5.32 Å². The molecule has 0 aromatic carbocycles. The van der Waals surface area contributed by atoms with E-state index in [-0.39, 0.29) is 6.61 Å². The van der Waals surface area contributed by atoms with Crippen LogP contribution in [0.3, 0.4) is 0 Å². The van der Waals surface area contributed by atoms with E-state index in [4.69, 9.17) is 5.11 Å². The monoisotopic (exact) mass is 222 g/mol. The fourth-order valence-corrected chi connectivity index (χ4v) is 1.06. The highest BCUT2D eigenvalue weighted by Gasteiger charge is 1.89. The van der Waals surface area contributed by atoms with E-state index >= 15 is 0 Å². The van der Waals surface area contributed by atoms with Crippen LogP contribution in [0.15, 0.2) is 41.7 Å². The predicted octanol–water partition coefficient (Wildman–Crippen LogP) is 2.41. The highest BCUT2D eigenvalue weighted by molar-refractivity contribution is 5.77. The molecule has 0 aliphatic carbocycles. The molecule has 0 radical (unpaired) electrons. The van der Waals surface area contributed by atoms with E-state index in [1.807, 2.05) is 0 Å². The van der Waals surface area contributed by atoms with Gasteiger partial charge >= 0.3 is 0 Å². The van der Waals surface area contributed by atoms with Crippen LogP contribution in [0.5, 0.6) is 0 Å². The van der Waals surface area contributed by atoms with E-state index in [1.165, 1.54) is 6.42 Å². The summed E-state index contributed by atoms with van der Waals surface area (Å²) in [6, 6.07) is 0. The molecule has 0 aliphatic rings. The Morgan fingerprint density at radius 2 is 2.25 bits per heavy atom. The number of nitrogens with one attached hydrogen (secondary N) is 1. The van der Waals surface area contributed by atoms with E-state index in [2.05, 4.69) is 36.5 Å². The molecule has 0 atom stereocenters. The standard InChI is InChI=1S/C13H22N2O/c1-4-6-7-8-13(5-2)15-11-12(3)14-9-10-16/h5,8,11,14,16H,2-4,6-7,9-10H2,1H3/b13-8-,15-11?. The van der Waals surface area contributed by atoms with E-state index in [9.17, 15) is 0 Å². The van der Waals surface area contributed by atoms with E-state index in [0.717, 1.165) is 18.5 Å². The SMILES string of the molecule is C=C/C(=C/CCCC)N=CC(=C)NCCO. The lowest BCUT2D eigenvalue weighted by molar-refractivity contribution is 0.298. The molecule has 0 aliphatic heterocycles. The van der Waals surface area contributed by atoms with Crippen molar-refractivity contribution in [2.24, 2.45) is 4.99 Å². The summed E-state index contributed by atoms with van der Waals surface area (Å²) in [6.07, 6.45) is 8.80. The number of aliphatic hydroxyl groups excluding tert-OH is 1. The van der Waals surface area contributed by atoms with Gasteiger partial charge in [-0.3, -0.25) is 4.99 Å². The van der Waals surface area contributed by atoms with Crippen LogP contribution in [-0.2, 0) is 0 Å². The van der Waals surface area contributed by atoms with Crippen molar-refractivity contribution in [1.29, 1.82) is 0 Å². The van der Waals surface area contributed by atoms with Crippen LogP contribution in [0.1, 0.15) is 26.2 Å². The van der Waals surface area contributed by atoms with Crippen LogP contribution in [-0.4, -0.2) is 24.5 Å². The average Bonchev–Trinajstić information content (AvgIpc) is 2.31. The predicted molar refractivity (Wildman–Crippen MR) is 70.5 cm³/mol. The van der Waals surface area contributed by atoms with Crippen molar-refractivity contribution in [3.63, 3.8) is 0 Å². The number of rotatable bonds is 9. The lowest BCUT2D eigenvalue weighted by Crippen LogP contribution is -2.17. The normalized spacial score (nSPS) is 11.8. The molecule has 0 aromatic rings. The summed E-state index contributed by atoms with van der Waals surface area (Å²) in [4.78, 5) is 4.24. The molecule has 0 unspecified atom stereocenters. The molecule has 3 heteroatoms. The highest BCUT2D eigenvalue weighted by atomic mass is 16.3. The van der Waals surface area contributed by atoms with Gasteiger partial charge in [0.2, 0.25) is 0 Å². The third kappa shape index (κ3) is 8.00. The molecule has 3 nitrogen and oxygen atoms in total. The Kier molecular flexibility index (Phi) is 9.32. The number of hydrogen-bond acceptors (Lipinski definition) is 3. The fourth-order valence-electron chi connectivity index (χ4n) is 1.06. The number of allylic oxidation sites excluding steroid dienone is 3. The van der Waals surface area contributed by atoms with E-state index < -0.39 is 0 Å². The minimum Gasteiger partial charge on any atom is -0.395 e. The van der Waals surface area contributed by atoms with Crippen molar-refractivity contribution >= 4 is 6.21 Å². The molecule has 0 bridgehead atoms. The zero-order valence-electron chi connectivity index (χ0n) is 10.1. The number of nitrogens with zero attached hydrogens (tertiary/aromatic N) is 1. The summed E-state index contributed by atoms with van der Waals surface area (Å²) >= 11 is 0. The molecule has 0 saturated heterocycles. The maximum Gasteiger partial charge on any atom is 0.0604 e. The molecule has 0 fully saturated rings. The molecule has 0 saturated carbocycles. The topological polar surface area (TPSA) is 44.6 Å². The van der Waals surface area contributed by atoms with Gasteiger partial charge in [-0.2, -0.15) is 0 Å². The Morgan fingerprint density at radius 1 is 1.50 bits per heavy atom. The molecule has 90 valence electrons. The maximum absolute atomic E-state index is 8.61. The molecular formula is C13H22N2O. The number of aliphatic hydroxyl groups is 1. The minimum atomic E-state index is 0.0908. The van der Waals surface area contributed by atoms with Crippen molar-refractivity contribution < 1.29 is 5.11 Å². The van der Waals surface area contributed by atoms with E-state index in [1.54, 1.807) is 12.3 Å². The van der Waals surface area contributed by atoms with Gasteiger partial charge in [-0.05, 0) is 18.9 Å². The first-order valence-corrected chi connectivity index (χ1v) is 5.64. The van der Waals surface area contributed by atoms with Crippen molar-refractivity contribution in [2.45, 2.75) is 26.2 Å². The van der Waals surface area contributed by atoms with Crippen LogP contribution in [0.4, 0.5) is 0 Å². The third-order valence-electron chi connectivity index (χ3n) is 1.95. The molecule has 16 heavy (non-hydrogen) atoms. The second-order valence-corrected chi connectivity index (χ2v) is 3.41. The Labute approximate surface area is 98.3 Å². The Bertz CT molecular complexity index is 267. The number of aliphatic imine (C=N–C) groups is 1. The first-order valence-electron chi connectivity index (χ1n) is 5.64. The van der Waals surface area contributed by atoms with Gasteiger partial charge < -0.3 is 10.4 Å². The average molecular weight is 222 g/mol. The molecule has 2 N–H and O–H groups in total. The lowest BCUT2D eigenvalue weighted by Gasteiger charge is -2.01. The highest BCUT2D eigenvalue weighted by Crippen LogP contribution is 2.03. The zero-order valence-corrected chi connectivity index (χ0v) is 10.1. The smallest absolute Gasteiger partial charge is 0.0604 e. The van der Waals surface area contributed by atoms with Gasteiger partial charge in [-0.15, -0.1) is 0 Å². The molecule has 0 rings (SSSR count). The first kappa shape index (κ1) is 14.6. The summed E-state index contributed by atoms with van der Waals surface area (Å²) in [5.41, 5.74) is 1.55. The second-order valence-electron chi connectivity index (χ2n) is 3.41. The van der Waals surface area contributed by atoms with E-state index in [0.29, 0.717) is 12.2 Å². The van der Waals surface area contributed by atoms with Crippen LogP contribution in [0.25, 0.3) is 0 Å². The first-order chi connectivity index (χ1) is 7.74. The third-order valence-corrected chi connectivity index (χ3v) is 1.95.